The van der Waals surface area contributed by atoms with Gasteiger partial charge in [0.05, 0.1) is 13.7 Å². The van der Waals surface area contributed by atoms with Gasteiger partial charge >= 0.3 is 6.03 Å². The van der Waals surface area contributed by atoms with E-state index in [1.807, 2.05) is 31.2 Å². The molecule has 0 atom stereocenters. The highest BCUT2D eigenvalue weighted by Crippen LogP contribution is 2.36. The minimum atomic E-state index is -0.467. The molecule has 1 saturated heterocycles. The minimum Gasteiger partial charge on any atom is -0.493 e. The minimum absolute atomic E-state index is 0.173. The van der Waals surface area contributed by atoms with Crippen LogP contribution in [0.2, 0.25) is 10.0 Å². The van der Waals surface area contributed by atoms with Crippen LogP contribution >= 0.6 is 39.1 Å². The van der Waals surface area contributed by atoms with Gasteiger partial charge in [-0.25, -0.2) is 4.79 Å². The molecular weight excluding hydrogens is 555 g/mol. The summed E-state index contributed by atoms with van der Waals surface area (Å²) in [7, 11) is 1.52. The fraction of sp³-hybridized carbons (Fsp3) is 0.154. The summed E-state index contributed by atoms with van der Waals surface area (Å²) in [6.07, 6.45) is 1.60. The number of carbonyl (C=O) groups is 2. The van der Waals surface area contributed by atoms with E-state index in [0.29, 0.717) is 31.6 Å². The van der Waals surface area contributed by atoms with Gasteiger partial charge in [-0.1, -0.05) is 75.0 Å². The first-order valence-corrected chi connectivity index (χ1v) is 12.1. The number of aryl methyl sites for hydroxylation is 1. The summed E-state index contributed by atoms with van der Waals surface area (Å²) in [6, 6.07) is 15.9. The summed E-state index contributed by atoms with van der Waals surface area (Å²) in [4.78, 5) is 26.6. The molecule has 1 heterocycles. The van der Waals surface area contributed by atoms with Gasteiger partial charge in [-0.3, -0.25) is 9.69 Å². The number of amides is 3. The topological polar surface area (TPSA) is 67.9 Å². The standard InChI is InChI=1S/C26H21BrCl2N2O4/c1-15-4-3-5-16(8-15)13-31-25(32)22(30-26(31)33)9-18-10-23(34-2)24(12-20(18)27)35-14-17-6-7-19(28)11-21(17)29/h3-12H,13-14H2,1-2H3,(H,30,33)/b22-9+. The van der Waals surface area contributed by atoms with E-state index in [1.165, 1.54) is 12.0 Å². The Morgan fingerprint density at radius 1 is 1.06 bits per heavy atom. The Labute approximate surface area is 221 Å². The van der Waals surface area contributed by atoms with Crippen LogP contribution in [0.3, 0.4) is 0 Å². The Bertz CT molecular complexity index is 1340. The number of halogens is 3. The van der Waals surface area contributed by atoms with E-state index < -0.39 is 11.9 Å². The predicted molar refractivity (Wildman–Crippen MR) is 140 cm³/mol. The zero-order valence-corrected chi connectivity index (χ0v) is 22.0. The van der Waals surface area contributed by atoms with Crippen LogP contribution in [0.25, 0.3) is 6.08 Å². The number of ether oxygens (including phenoxy) is 2. The molecule has 35 heavy (non-hydrogen) atoms. The largest absolute Gasteiger partial charge is 0.493 e. The number of nitrogens with zero attached hydrogens (tertiary/aromatic N) is 1. The van der Waals surface area contributed by atoms with Crippen molar-refractivity contribution < 1.29 is 19.1 Å². The summed E-state index contributed by atoms with van der Waals surface area (Å²) in [5.74, 6) is 0.536. The molecule has 1 N–H and O–H groups in total. The summed E-state index contributed by atoms with van der Waals surface area (Å²) < 4.78 is 12.1. The van der Waals surface area contributed by atoms with Crippen LogP contribution in [0.15, 0.2) is 64.8 Å². The molecule has 1 aliphatic heterocycles. The van der Waals surface area contributed by atoms with E-state index in [0.717, 1.165) is 16.7 Å². The number of benzene rings is 3. The van der Waals surface area contributed by atoms with E-state index in [9.17, 15) is 9.59 Å². The quantitative estimate of drug-likeness (QED) is 0.250. The molecule has 180 valence electrons. The van der Waals surface area contributed by atoms with Crippen LogP contribution in [0.1, 0.15) is 22.3 Å². The number of methoxy groups -OCH3 is 1. The Morgan fingerprint density at radius 2 is 1.86 bits per heavy atom. The van der Waals surface area contributed by atoms with Crippen molar-refractivity contribution in [2.75, 3.05) is 7.11 Å². The highest BCUT2D eigenvalue weighted by Gasteiger charge is 2.33. The van der Waals surface area contributed by atoms with Crippen LogP contribution in [0.4, 0.5) is 4.79 Å². The Balaban J connectivity index is 1.54. The highest BCUT2D eigenvalue weighted by atomic mass is 79.9. The highest BCUT2D eigenvalue weighted by molar-refractivity contribution is 9.10. The second-order valence-electron chi connectivity index (χ2n) is 7.92. The Morgan fingerprint density at radius 3 is 2.57 bits per heavy atom. The van der Waals surface area contributed by atoms with Gasteiger partial charge in [0.15, 0.2) is 11.5 Å². The first-order chi connectivity index (χ1) is 16.7. The molecular formula is C26H21BrCl2N2O4. The van der Waals surface area contributed by atoms with Crippen LogP contribution < -0.4 is 14.8 Å². The van der Waals surface area contributed by atoms with Crippen LogP contribution in [-0.4, -0.2) is 23.9 Å². The number of imide groups is 1. The van der Waals surface area contributed by atoms with Gasteiger partial charge in [0.25, 0.3) is 5.91 Å². The normalized spacial score (nSPS) is 14.4. The maximum Gasteiger partial charge on any atom is 0.329 e. The monoisotopic (exact) mass is 574 g/mol. The number of hydrogen-bond donors (Lipinski definition) is 1. The Hall–Kier alpha value is -3.00. The van der Waals surface area contributed by atoms with E-state index in [1.54, 1.807) is 36.4 Å². The molecule has 1 fully saturated rings. The molecule has 4 rings (SSSR count). The third kappa shape index (κ3) is 5.81. The lowest BCUT2D eigenvalue weighted by Gasteiger charge is -2.14. The van der Waals surface area contributed by atoms with Gasteiger partial charge in [0.2, 0.25) is 0 Å². The third-order valence-electron chi connectivity index (χ3n) is 5.37. The van der Waals surface area contributed by atoms with Crippen LogP contribution in [-0.2, 0) is 17.9 Å². The molecule has 3 amide bonds. The molecule has 0 aliphatic carbocycles. The van der Waals surface area contributed by atoms with Crippen molar-refractivity contribution in [3.63, 3.8) is 0 Å². The van der Waals surface area contributed by atoms with E-state index in [2.05, 4.69) is 21.2 Å². The fourth-order valence-corrected chi connectivity index (χ4v) is 4.49. The predicted octanol–water partition coefficient (Wildman–Crippen LogP) is 6.74. The van der Waals surface area contributed by atoms with Gasteiger partial charge in [-0.2, -0.15) is 0 Å². The molecule has 6 nitrogen and oxygen atoms in total. The average Bonchev–Trinajstić information content (AvgIpc) is 3.07. The Kier molecular flexibility index (Phi) is 7.69. The van der Waals surface area contributed by atoms with Crippen molar-refractivity contribution in [1.82, 2.24) is 10.2 Å². The van der Waals surface area contributed by atoms with Crippen molar-refractivity contribution in [3.8, 4) is 11.5 Å². The number of nitrogens with one attached hydrogen (secondary N) is 1. The van der Waals surface area contributed by atoms with E-state index >= 15 is 0 Å². The van der Waals surface area contributed by atoms with Crippen molar-refractivity contribution in [1.29, 1.82) is 0 Å². The lowest BCUT2D eigenvalue weighted by molar-refractivity contribution is -0.123. The number of rotatable bonds is 7. The van der Waals surface area contributed by atoms with Crippen molar-refractivity contribution >= 4 is 57.1 Å². The lowest BCUT2D eigenvalue weighted by Crippen LogP contribution is -2.30. The van der Waals surface area contributed by atoms with Gasteiger partial charge in [-0.05, 0) is 48.4 Å². The second kappa shape index (κ2) is 10.7. The summed E-state index contributed by atoms with van der Waals surface area (Å²) in [5, 5.41) is 3.70. The molecule has 0 aromatic heterocycles. The molecule has 0 bridgehead atoms. The van der Waals surface area contributed by atoms with Gasteiger partial charge in [0, 0.05) is 20.1 Å². The van der Waals surface area contributed by atoms with E-state index in [4.69, 9.17) is 32.7 Å². The lowest BCUT2D eigenvalue weighted by atomic mass is 10.1. The van der Waals surface area contributed by atoms with Crippen molar-refractivity contribution in [2.24, 2.45) is 0 Å². The summed E-state index contributed by atoms with van der Waals surface area (Å²) in [5.41, 5.74) is 3.52. The SMILES string of the molecule is COc1cc(/C=C2/NC(=O)N(Cc3cccc(C)c3)C2=O)c(Br)cc1OCc1ccc(Cl)cc1Cl. The maximum absolute atomic E-state index is 12.9. The van der Waals surface area contributed by atoms with Gasteiger partial charge < -0.3 is 14.8 Å². The first kappa shape index (κ1) is 25.1. The third-order valence-corrected chi connectivity index (χ3v) is 6.64. The number of hydrogen-bond acceptors (Lipinski definition) is 4. The smallest absolute Gasteiger partial charge is 0.329 e. The van der Waals surface area contributed by atoms with Crippen LogP contribution in [0.5, 0.6) is 11.5 Å². The molecule has 0 unspecified atom stereocenters. The van der Waals surface area contributed by atoms with Crippen molar-refractivity contribution in [2.45, 2.75) is 20.1 Å². The van der Waals surface area contributed by atoms with Gasteiger partial charge in [0.1, 0.15) is 12.3 Å². The van der Waals surface area contributed by atoms with Crippen molar-refractivity contribution in [3.05, 3.63) is 97.1 Å². The number of carbonyl (C=O) groups excluding carboxylic acids is 2. The zero-order chi connectivity index (χ0) is 25.1. The molecule has 3 aromatic carbocycles. The molecule has 9 heteroatoms. The molecule has 1 aliphatic rings. The second-order valence-corrected chi connectivity index (χ2v) is 9.62. The number of urea groups is 1. The molecule has 3 aromatic rings. The average molecular weight is 576 g/mol. The van der Waals surface area contributed by atoms with E-state index in [-0.39, 0.29) is 18.8 Å². The van der Waals surface area contributed by atoms with Gasteiger partial charge in [-0.15, -0.1) is 0 Å². The first-order valence-electron chi connectivity index (χ1n) is 10.6. The molecule has 0 radical (unpaired) electrons. The summed E-state index contributed by atoms with van der Waals surface area (Å²) in [6.45, 7) is 2.36. The fourth-order valence-electron chi connectivity index (χ4n) is 3.59. The molecule has 0 spiro atoms. The maximum atomic E-state index is 12.9. The summed E-state index contributed by atoms with van der Waals surface area (Å²) >= 11 is 15.7. The van der Waals surface area contributed by atoms with Crippen LogP contribution in [0, 0.1) is 6.92 Å². The molecule has 0 saturated carbocycles. The zero-order valence-electron chi connectivity index (χ0n) is 18.9.